The molecule has 134 heavy (non-hydrogen) atoms. The van der Waals surface area contributed by atoms with Crippen molar-refractivity contribution in [3.63, 3.8) is 0 Å². The van der Waals surface area contributed by atoms with Crippen molar-refractivity contribution in [1.82, 2.24) is 34.9 Å². The van der Waals surface area contributed by atoms with E-state index in [-0.39, 0.29) is 119 Å². The van der Waals surface area contributed by atoms with Gasteiger partial charge in [0.25, 0.3) is 0 Å². The molecule has 17 heteroatoms. The molecule has 7 aromatic heterocycles. The molecule has 679 valence electrons. The minimum absolute atomic E-state index is 0. The van der Waals surface area contributed by atoms with Crippen LogP contribution in [0.3, 0.4) is 0 Å². The molecule has 1 atom stereocenters. The fourth-order valence-corrected chi connectivity index (χ4v) is 33.5. The van der Waals surface area contributed by atoms with Gasteiger partial charge in [0.05, 0.1) is 16.1 Å². The minimum Gasteiger partial charge on any atom is -0.305 e. The molecule has 1 unspecified atom stereocenters. The molecule has 0 amide bonds. The minimum atomic E-state index is -2.94. The molecule has 5 aliphatic heterocycles. The topological polar surface area (TPSA) is 90.2 Å². The summed E-state index contributed by atoms with van der Waals surface area (Å²) >= 11 is 0. The van der Waals surface area contributed by atoms with Gasteiger partial charge in [0.15, 0.2) is 0 Å². The zero-order chi connectivity index (χ0) is 94.2. The normalized spacial score (nSPS) is 15.1. The monoisotopic (exact) mass is 2720 g/mol. The maximum absolute atomic E-state index is 8.30. The van der Waals surface area contributed by atoms with Gasteiger partial charge in [-0.15, -0.1) is 251 Å². The van der Waals surface area contributed by atoms with Gasteiger partial charge in [0, 0.05) is 151 Å². The van der Waals surface area contributed by atoms with Crippen LogP contribution in [-0.2, 0) is 113 Å². The predicted molar refractivity (Wildman–Crippen MR) is 552 cm³/mol. The van der Waals surface area contributed by atoms with E-state index in [1.165, 1.54) is 108 Å². The Labute approximate surface area is 874 Å². The van der Waals surface area contributed by atoms with E-state index >= 15 is 0 Å². The number of fused-ring (bicyclic) bond motifs is 11. The summed E-state index contributed by atoms with van der Waals surface area (Å²) in [5.74, 6) is 0. The molecule has 0 fully saturated rings. The van der Waals surface area contributed by atoms with Crippen molar-refractivity contribution in [1.29, 1.82) is 0 Å². The van der Waals surface area contributed by atoms with Gasteiger partial charge in [0.2, 0.25) is 0 Å². The van der Waals surface area contributed by atoms with E-state index in [4.69, 9.17) is 13.2 Å². The standard InChI is InChI=1S/C25H20NSi.2C19H16NSi.C16H18NSi.C15H16NSi.C12H10N.C11H8N.5Ir/c1-27(2)24-14-7-6-13-21(24)22-17-26-23(16-25(22)27)20-12-8-11-19(15-20)18-9-4-3-5-10-18;1-21(2)18-11-7-6-10-15(18)16-13-20-17(12-19(16)21)14-8-4-3-5-9-14;1-21(2)17-11-7-6-10-15(17)16-12-13-20-18(19(16)21)14-8-4-3-5-9-14;1-18(2)12-6-9-14-10-11-17-15(16(14)18)13-7-4-3-5-8-13;1-17(2)9-8-13-11-16-14(10-15(13)17)12-6-4-3-5-7-12;1-10-7-8-12(13-9-10)11-5-3-2-4-6-11;1-2-6-10(7-3-1)11-8-4-5-9-12-11;;;;;/h3-11,13-17H,1-2H3;2*3-8,10-13H,1-2H3;3-5,7,10-11H,6,9,12H2,1-2H3;3-6,10-11H,8-9H2,1-2H3;2-5,7-9H,1H3;1-6,8-9H;;;;;/q7*-1;;;;;/i;3D,4D,5D;1D3;;;;;;;;;. The fraction of sp³-hybridized carbons (Fsp3) is 0.137. The average molecular weight is 2720 g/mol. The van der Waals surface area contributed by atoms with Crippen molar-refractivity contribution in [3.05, 3.63) is 430 Å². The van der Waals surface area contributed by atoms with Gasteiger partial charge in [0.1, 0.15) is 24.2 Å². The number of benzene rings is 11. The van der Waals surface area contributed by atoms with Gasteiger partial charge in [-0.2, -0.15) is 0 Å². The summed E-state index contributed by atoms with van der Waals surface area (Å²) in [5, 5.41) is 10.8. The second-order valence-corrected chi connectivity index (χ2v) is 57.1. The van der Waals surface area contributed by atoms with Crippen molar-refractivity contribution in [2.24, 2.45) is 0 Å². The number of aromatic nitrogens is 7. The van der Waals surface area contributed by atoms with Crippen LogP contribution in [0.15, 0.2) is 371 Å². The zero-order valence-corrected chi connectivity index (χ0v) is 93.3. The Morgan fingerprint density at radius 2 is 0.739 bits per heavy atom. The molecule has 0 spiro atoms. The Balaban J connectivity index is 0.000000148. The Bertz CT molecular complexity index is 7220. The third kappa shape index (κ3) is 22.9. The first-order valence-corrected chi connectivity index (χ1v) is 59.1. The van der Waals surface area contributed by atoms with Crippen LogP contribution >= 0.6 is 0 Å². The molecule has 0 aliphatic carbocycles. The van der Waals surface area contributed by atoms with Crippen LogP contribution in [0, 0.1) is 49.4 Å². The summed E-state index contributed by atoms with van der Waals surface area (Å²) < 4.78 is 48.2. The van der Waals surface area contributed by atoms with Crippen LogP contribution in [0.1, 0.15) is 31.3 Å². The van der Waals surface area contributed by atoms with E-state index in [2.05, 4.69) is 271 Å². The fourth-order valence-electron chi connectivity index (χ4n) is 18.5. The van der Waals surface area contributed by atoms with E-state index in [1.54, 1.807) is 28.8 Å². The molecular formula is C117H104Ir5N7Si5-7. The second kappa shape index (κ2) is 46.1. The van der Waals surface area contributed by atoms with Crippen LogP contribution in [0.4, 0.5) is 0 Å². The van der Waals surface area contributed by atoms with Gasteiger partial charge < -0.3 is 34.9 Å². The molecule has 23 rings (SSSR count). The summed E-state index contributed by atoms with van der Waals surface area (Å²) in [6, 6.07) is 129. The van der Waals surface area contributed by atoms with Crippen LogP contribution in [-0.4, -0.2) is 75.3 Å². The van der Waals surface area contributed by atoms with Crippen LogP contribution in [0.25, 0.3) is 123 Å². The summed E-state index contributed by atoms with van der Waals surface area (Å²) in [5.41, 5.74) is 27.4. The van der Waals surface area contributed by atoms with Gasteiger partial charge in [-0.3, -0.25) is 0 Å². The molecule has 12 heterocycles. The number of aryl methyl sites for hydroxylation is 3. The van der Waals surface area contributed by atoms with Crippen molar-refractivity contribution in [2.75, 3.05) is 0 Å². The Kier molecular flexibility index (Phi) is 32.4. The van der Waals surface area contributed by atoms with E-state index in [0.29, 0.717) is 5.56 Å². The van der Waals surface area contributed by atoms with Gasteiger partial charge in [-0.1, -0.05) is 255 Å². The molecule has 5 radical (unpaired) electrons. The van der Waals surface area contributed by atoms with Crippen LogP contribution < -0.4 is 41.5 Å². The van der Waals surface area contributed by atoms with Crippen molar-refractivity contribution < 1.29 is 109 Å². The Morgan fingerprint density at radius 3 is 1.26 bits per heavy atom. The number of pyridine rings is 7. The number of hydrogen-bond acceptors (Lipinski definition) is 7. The van der Waals surface area contributed by atoms with Crippen molar-refractivity contribution in [3.8, 4) is 123 Å². The van der Waals surface area contributed by atoms with E-state index < -0.39 is 46.8 Å². The Morgan fingerprint density at radius 1 is 0.284 bits per heavy atom. The third-order valence-electron chi connectivity index (χ3n) is 25.3. The number of rotatable bonds is 8. The SMILES string of the molecule is C[Si]1(C)CCCc2ccnc(-c3[c-]cccc3)c21.C[Si]1(C)CCc2cnc(-c3[c-]cccc3)cc21.C[Si]1(C)c2ccccc2-c2cnc(-c3[c-]ccc(-c4ccccc4)c3)cc21.Cc1ccc(-c2[c-]cccc2)nc1.[2H]C([2H])([2H])[Si]1(C)c2ccccc2-c2ccnc(-c3[c-]cccc3)c21.[2H]c1[c-]c(-c2cc3c(cn2)-c2ccccc2[Si]3(C)C)cc([2H])c1[2H].[Ir].[Ir].[Ir].[Ir].[Ir].[c-]1ccccc1-c1ccccn1. The average Bonchev–Trinajstić information content (AvgIpc) is 1.54. The van der Waals surface area contributed by atoms with Crippen LogP contribution in [0.2, 0.25) is 77.5 Å². The van der Waals surface area contributed by atoms with E-state index in [0.717, 1.165) is 89.0 Å². The van der Waals surface area contributed by atoms with Crippen molar-refractivity contribution >= 4 is 81.9 Å². The van der Waals surface area contributed by atoms with Gasteiger partial charge in [-0.25, -0.2) is 0 Å². The summed E-state index contributed by atoms with van der Waals surface area (Å²) in [6.45, 7) is 21.3. The molecular weight excluding hydrogens is 2600 g/mol. The zero-order valence-electron chi connectivity index (χ0n) is 82.3. The van der Waals surface area contributed by atoms with E-state index in [1.807, 2.05) is 202 Å². The molecule has 7 nitrogen and oxygen atoms in total. The molecule has 11 aromatic carbocycles. The smallest absolute Gasteiger partial charge is 0.112 e. The maximum atomic E-state index is 8.30. The first-order chi connectivity index (χ1) is 65.2. The Hall–Kier alpha value is -10.2. The molecule has 18 aromatic rings. The largest absolute Gasteiger partial charge is 0.305 e. The summed E-state index contributed by atoms with van der Waals surface area (Å²) in [4.78, 5) is 31.7. The predicted octanol–water partition coefficient (Wildman–Crippen LogP) is 23.5. The molecule has 0 saturated heterocycles. The quantitative estimate of drug-likeness (QED) is 0.111. The third-order valence-corrected chi connectivity index (χ3v) is 42.4. The van der Waals surface area contributed by atoms with Crippen molar-refractivity contribution in [2.45, 2.75) is 104 Å². The first-order valence-electron chi connectivity index (χ1n) is 47.2. The number of hydrogen-bond donors (Lipinski definition) is 0. The van der Waals surface area contributed by atoms with Crippen LogP contribution in [0.5, 0.6) is 0 Å². The molecule has 0 N–H and O–H groups in total. The van der Waals surface area contributed by atoms with Gasteiger partial charge >= 0.3 is 0 Å². The molecule has 0 bridgehead atoms. The maximum Gasteiger partial charge on any atom is 0.112 e. The number of nitrogens with zero attached hydrogens (tertiary/aromatic N) is 7. The second-order valence-electron chi connectivity index (χ2n) is 35.6. The molecule has 0 saturated carbocycles. The van der Waals surface area contributed by atoms with E-state index in [9.17, 15) is 0 Å². The summed E-state index contributed by atoms with van der Waals surface area (Å²) in [6.07, 6.45) is 17.2. The first kappa shape index (κ1) is 94.2. The molecule has 5 aliphatic rings. The van der Waals surface area contributed by atoms with Gasteiger partial charge in [-0.05, 0) is 151 Å². The summed E-state index contributed by atoms with van der Waals surface area (Å²) in [7, 11) is -8.88.